The number of nitrogens with one attached hydrogen (secondary N) is 1. The Morgan fingerprint density at radius 3 is 2.11 bits per heavy atom. The summed E-state index contributed by atoms with van der Waals surface area (Å²) in [6.07, 6.45) is 8.72. The minimum absolute atomic E-state index is 0.592. The van der Waals surface area contributed by atoms with Crippen molar-refractivity contribution >= 4 is 0 Å². The van der Waals surface area contributed by atoms with Crippen LogP contribution in [0, 0.1) is 17.3 Å². The summed E-state index contributed by atoms with van der Waals surface area (Å²) in [5.74, 6) is 2.08. The van der Waals surface area contributed by atoms with Crippen LogP contribution in [0.3, 0.4) is 0 Å². The van der Waals surface area contributed by atoms with Crippen LogP contribution < -0.4 is 5.32 Å². The Morgan fingerprint density at radius 2 is 1.61 bits per heavy atom. The molecule has 1 N–H and O–H groups in total. The molecule has 2 saturated carbocycles. The van der Waals surface area contributed by atoms with Crippen LogP contribution in [0.15, 0.2) is 0 Å². The van der Waals surface area contributed by atoms with Crippen molar-refractivity contribution in [2.45, 2.75) is 58.4 Å². The lowest BCUT2D eigenvalue weighted by atomic mass is 9.83. The van der Waals surface area contributed by atoms with Gasteiger partial charge in [-0.25, -0.2) is 0 Å². The molecule has 0 amide bonds. The van der Waals surface area contributed by atoms with Gasteiger partial charge < -0.3 is 10.2 Å². The van der Waals surface area contributed by atoms with Crippen LogP contribution >= 0.6 is 0 Å². The fraction of sp³-hybridized carbons (Fsp3) is 1.00. The molecule has 1 heterocycles. The third-order valence-corrected chi connectivity index (χ3v) is 5.28. The van der Waals surface area contributed by atoms with Crippen molar-refractivity contribution < 1.29 is 0 Å². The van der Waals surface area contributed by atoms with E-state index in [4.69, 9.17) is 0 Å². The van der Waals surface area contributed by atoms with Crippen molar-refractivity contribution in [3.63, 3.8) is 0 Å². The second kappa shape index (κ2) is 5.13. The molecule has 104 valence electrons. The monoisotopic (exact) mass is 250 g/mol. The van der Waals surface area contributed by atoms with Gasteiger partial charge in [0.2, 0.25) is 0 Å². The van der Waals surface area contributed by atoms with Crippen LogP contribution in [0.5, 0.6) is 0 Å². The van der Waals surface area contributed by atoms with Gasteiger partial charge in [0.1, 0.15) is 0 Å². The van der Waals surface area contributed by atoms with Gasteiger partial charge in [-0.15, -0.1) is 0 Å². The molecule has 0 spiro atoms. The maximum absolute atomic E-state index is 3.87. The van der Waals surface area contributed by atoms with Gasteiger partial charge >= 0.3 is 0 Å². The fourth-order valence-electron chi connectivity index (χ4n) is 3.40. The summed E-state index contributed by atoms with van der Waals surface area (Å²) in [5.41, 5.74) is 0.592. The van der Waals surface area contributed by atoms with E-state index in [1.807, 2.05) is 0 Å². The number of rotatable bonds is 6. The zero-order valence-corrected chi connectivity index (χ0v) is 12.3. The molecule has 2 nitrogen and oxygen atoms in total. The van der Waals surface area contributed by atoms with Crippen LogP contribution in [0.2, 0.25) is 0 Å². The third kappa shape index (κ3) is 3.48. The van der Waals surface area contributed by atoms with E-state index in [9.17, 15) is 0 Å². The maximum Gasteiger partial charge on any atom is 0.0124 e. The molecule has 2 heteroatoms. The summed E-state index contributed by atoms with van der Waals surface area (Å²) >= 11 is 0. The van der Waals surface area contributed by atoms with Gasteiger partial charge in [0.05, 0.1) is 0 Å². The second-order valence-corrected chi connectivity index (χ2v) is 7.66. The van der Waals surface area contributed by atoms with E-state index in [2.05, 4.69) is 24.1 Å². The summed E-state index contributed by atoms with van der Waals surface area (Å²) in [4.78, 5) is 2.66. The van der Waals surface area contributed by atoms with E-state index < -0.39 is 0 Å². The highest BCUT2D eigenvalue weighted by molar-refractivity contribution is 4.96. The first-order chi connectivity index (χ1) is 8.64. The first kappa shape index (κ1) is 12.9. The smallest absolute Gasteiger partial charge is 0.0124 e. The Bertz CT molecular complexity index is 257. The number of nitrogens with zero attached hydrogens (tertiary/aromatic N) is 1. The van der Waals surface area contributed by atoms with Crippen LogP contribution in [-0.4, -0.2) is 37.1 Å². The normalized spacial score (nSPS) is 28.8. The van der Waals surface area contributed by atoms with Gasteiger partial charge in [-0.2, -0.15) is 0 Å². The molecule has 0 aromatic carbocycles. The van der Waals surface area contributed by atoms with Gasteiger partial charge in [0.15, 0.2) is 0 Å². The molecule has 1 saturated heterocycles. The Morgan fingerprint density at radius 1 is 1.06 bits per heavy atom. The largest absolute Gasteiger partial charge is 0.312 e. The molecule has 3 fully saturated rings. The van der Waals surface area contributed by atoms with E-state index in [0.29, 0.717) is 5.41 Å². The fourth-order valence-corrected chi connectivity index (χ4v) is 3.40. The zero-order valence-electron chi connectivity index (χ0n) is 12.3. The Kier molecular flexibility index (Phi) is 3.68. The first-order valence-electron chi connectivity index (χ1n) is 8.10. The lowest BCUT2D eigenvalue weighted by Gasteiger charge is -2.37. The maximum atomic E-state index is 3.87. The predicted molar refractivity (Wildman–Crippen MR) is 76.7 cm³/mol. The molecule has 3 rings (SSSR count). The van der Waals surface area contributed by atoms with Crippen LogP contribution in [0.4, 0.5) is 0 Å². The van der Waals surface area contributed by atoms with E-state index in [-0.39, 0.29) is 0 Å². The molecule has 0 aromatic heterocycles. The lowest BCUT2D eigenvalue weighted by molar-refractivity contribution is 0.132. The number of hydrogen-bond acceptors (Lipinski definition) is 2. The highest BCUT2D eigenvalue weighted by Gasteiger charge is 2.40. The molecule has 0 bridgehead atoms. The van der Waals surface area contributed by atoms with Crippen molar-refractivity contribution in [1.29, 1.82) is 0 Å². The van der Waals surface area contributed by atoms with Gasteiger partial charge in [-0.05, 0) is 68.9 Å². The molecule has 0 aromatic rings. The third-order valence-electron chi connectivity index (χ3n) is 5.28. The van der Waals surface area contributed by atoms with E-state index in [1.165, 1.54) is 64.7 Å². The molecule has 2 aliphatic carbocycles. The SMILES string of the molecule is CC1(C)CCN(CCNC(C2CC2)C2CC2)CC1. The molecule has 1 aliphatic heterocycles. The minimum Gasteiger partial charge on any atom is -0.312 e. The van der Waals surface area contributed by atoms with Crippen molar-refractivity contribution in [2.75, 3.05) is 26.2 Å². The summed E-state index contributed by atoms with van der Waals surface area (Å²) in [6, 6.07) is 0.881. The van der Waals surface area contributed by atoms with Crippen LogP contribution in [0.25, 0.3) is 0 Å². The van der Waals surface area contributed by atoms with Gasteiger partial charge in [-0.3, -0.25) is 0 Å². The standard InChI is InChI=1S/C16H30N2/c1-16(2)7-10-18(11-8-16)12-9-17-15(13-3-4-13)14-5-6-14/h13-15,17H,3-12H2,1-2H3. The highest BCUT2D eigenvalue weighted by Crippen LogP contribution is 2.44. The highest BCUT2D eigenvalue weighted by atomic mass is 15.1. The topological polar surface area (TPSA) is 15.3 Å². The molecule has 0 radical (unpaired) electrons. The summed E-state index contributed by atoms with van der Waals surface area (Å²) in [7, 11) is 0. The molecular weight excluding hydrogens is 220 g/mol. The average Bonchev–Trinajstić information content (AvgIpc) is 3.19. The lowest BCUT2D eigenvalue weighted by Crippen LogP contribution is -2.43. The first-order valence-corrected chi connectivity index (χ1v) is 8.10. The Balaban J connectivity index is 1.34. The van der Waals surface area contributed by atoms with Gasteiger partial charge in [-0.1, -0.05) is 13.8 Å². The van der Waals surface area contributed by atoms with Crippen molar-refractivity contribution in [2.24, 2.45) is 17.3 Å². The second-order valence-electron chi connectivity index (χ2n) is 7.66. The number of likely N-dealkylation sites (tertiary alicyclic amines) is 1. The average molecular weight is 250 g/mol. The molecule has 0 unspecified atom stereocenters. The van der Waals surface area contributed by atoms with Gasteiger partial charge in [0.25, 0.3) is 0 Å². The van der Waals surface area contributed by atoms with Crippen molar-refractivity contribution in [1.82, 2.24) is 10.2 Å². The summed E-state index contributed by atoms with van der Waals surface area (Å²) in [5, 5.41) is 3.87. The quantitative estimate of drug-likeness (QED) is 0.780. The Hall–Kier alpha value is -0.0800. The van der Waals surface area contributed by atoms with Crippen LogP contribution in [-0.2, 0) is 0 Å². The van der Waals surface area contributed by atoms with Crippen molar-refractivity contribution in [3.05, 3.63) is 0 Å². The number of piperidine rings is 1. The summed E-state index contributed by atoms with van der Waals surface area (Å²) in [6.45, 7) is 9.94. The van der Waals surface area contributed by atoms with Gasteiger partial charge in [0, 0.05) is 19.1 Å². The van der Waals surface area contributed by atoms with Crippen molar-refractivity contribution in [3.8, 4) is 0 Å². The molecule has 18 heavy (non-hydrogen) atoms. The zero-order chi connectivity index (χ0) is 12.6. The number of hydrogen-bond donors (Lipinski definition) is 1. The van der Waals surface area contributed by atoms with E-state index in [1.54, 1.807) is 0 Å². The van der Waals surface area contributed by atoms with Crippen LogP contribution in [0.1, 0.15) is 52.4 Å². The minimum atomic E-state index is 0.592. The molecule has 3 aliphatic rings. The van der Waals surface area contributed by atoms with E-state index >= 15 is 0 Å². The Labute approximate surface area is 113 Å². The molecular formula is C16H30N2. The van der Waals surface area contributed by atoms with E-state index in [0.717, 1.165) is 17.9 Å². The molecule has 0 atom stereocenters. The summed E-state index contributed by atoms with van der Waals surface area (Å²) < 4.78 is 0. The predicted octanol–water partition coefficient (Wildman–Crippen LogP) is 2.89.